The maximum Gasteiger partial charge on any atom is 0.211 e. The molecule has 2 rings (SSSR count). The SMILES string of the molecule is Cc1cc(C)c(O)c(S(=O)(=O)c2c(C)cc(C)c(O)c2C)c1C. The smallest absolute Gasteiger partial charge is 0.211 e. The summed E-state index contributed by atoms with van der Waals surface area (Å²) in [6, 6.07) is 3.40. The van der Waals surface area contributed by atoms with Crippen molar-refractivity contribution in [2.75, 3.05) is 0 Å². The Morgan fingerprint density at radius 3 is 1.70 bits per heavy atom. The van der Waals surface area contributed by atoms with Gasteiger partial charge in [-0.05, 0) is 69.4 Å². The summed E-state index contributed by atoms with van der Waals surface area (Å²) in [5.74, 6) is -0.261. The minimum absolute atomic E-state index is 0.0318. The summed E-state index contributed by atoms with van der Waals surface area (Å²) in [6.07, 6.45) is 0. The molecule has 0 heterocycles. The van der Waals surface area contributed by atoms with E-state index in [2.05, 4.69) is 0 Å². The highest BCUT2D eigenvalue weighted by Gasteiger charge is 2.30. The van der Waals surface area contributed by atoms with Crippen molar-refractivity contribution < 1.29 is 18.6 Å². The van der Waals surface area contributed by atoms with E-state index in [1.165, 1.54) is 0 Å². The number of aromatic hydroxyl groups is 2. The third kappa shape index (κ3) is 2.59. The number of benzene rings is 2. The van der Waals surface area contributed by atoms with Crippen molar-refractivity contribution in [3.05, 3.63) is 45.5 Å². The molecule has 0 spiro atoms. The molecule has 5 heteroatoms. The van der Waals surface area contributed by atoms with Gasteiger partial charge in [0.2, 0.25) is 9.84 Å². The van der Waals surface area contributed by atoms with Crippen LogP contribution in [0.2, 0.25) is 0 Å². The molecule has 0 unspecified atom stereocenters. The summed E-state index contributed by atoms with van der Waals surface area (Å²) in [5, 5.41) is 20.5. The average Bonchev–Trinajstić information content (AvgIpc) is 2.42. The summed E-state index contributed by atoms with van der Waals surface area (Å²) in [6.45, 7) is 10.2. The second-order valence-electron chi connectivity index (χ2n) is 6.13. The molecule has 0 saturated heterocycles. The van der Waals surface area contributed by atoms with E-state index in [-0.39, 0.29) is 21.3 Å². The molecular formula is C18H22O4S. The highest BCUT2D eigenvalue weighted by Crippen LogP contribution is 2.40. The summed E-state index contributed by atoms with van der Waals surface area (Å²) in [7, 11) is -3.96. The van der Waals surface area contributed by atoms with Gasteiger partial charge in [0, 0.05) is 5.56 Å². The van der Waals surface area contributed by atoms with Gasteiger partial charge in [0.1, 0.15) is 16.4 Å². The first-order valence-corrected chi connectivity index (χ1v) is 8.83. The number of rotatable bonds is 2. The lowest BCUT2D eigenvalue weighted by molar-refractivity contribution is 0.452. The predicted molar refractivity (Wildman–Crippen MR) is 90.1 cm³/mol. The van der Waals surface area contributed by atoms with Crippen LogP contribution in [-0.2, 0) is 9.84 Å². The van der Waals surface area contributed by atoms with Crippen molar-refractivity contribution in [2.24, 2.45) is 0 Å². The Morgan fingerprint density at radius 2 is 1.13 bits per heavy atom. The molecule has 0 atom stereocenters. The normalized spacial score (nSPS) is 11.7. The van der Waals surface area contributed by atoms with E-state index in [1.54, 1.807) is 46.8 Å². The molecule has 0 saturated carbocycles. The van der Waals surface area contributed by atoms with Crippen molar-refractivity contribution >= 4 is 9.84 Å². The van der Waals surface area contributed by atoms with Gasteiger partial charge in [-0.1, -0.05) is 12.1 Å². The van der Waals surface area contributed by atoms with Gasteiger partial charge in [0.05, 0.1) is 4.90 Å². The molecule has 2 aromatic rings. The summed E-state index contributed by atoms with van der Waals surface area (Å²) < 4.78 is 26.4. The largest absolute Gasteiger partial charge is 0.507 e. The first-order valence-electron chi connectivity index (χ1n) is 7.34. The van der Waals surface area contributed by atoms with Crippen LogP contribution in [0.5, 0.6) is 11.5 Å². The fourth-order valence-corrected chi connectivity index (χ4v) is 5.21. The number of aryl methyl sites for hydroxylation is 4. The summed E-state index contributed by atoms with van der Waals surface area (Å²) >= 11 is 0. The number of hydrogen-bond donors (Lipinski definition) is 2. The zero-order valence-corrected chi connectivity index (χ0v) is 15.1. The fraction of sp³-hybridized carbons (Fsp3) is 0.333. The van der Waals surface area contributed by atoms with Crippen molar-refractivity contribution in [3.63, 3.8) is 0 Å². The minimum Gasteiger partial charge on any atom is -0.507 e. The maximum atomic E-state index is 13.2. The molecule has 2 N–H and O–H groups in total. The van der Waals surface area contributed by atoms with Crippen molar-refractivity contribution in [2.45, 2.75) is 51.3 Å². The van der Waals surface area contributed by atoms with E-state index >= 15 is 0 Å². The van der Waals surface area contributed by atoms with Gasteiger partial charge >= 0.3 is 0 Å². The van der Waals surface area contributed by atoms with Crippen LogP contribution in [0.15, 0.2) is 21.9 Å². The second kappa shape index (κ2) is 5.57. The number of hydrogen-bond acceptors (Lipinski definition) is 4. The predicted octanol–water partition coefficient (Wildman–Crippen LogP) is 3.78. The van der Waals surface area contributed by atoms with E-state index in [0.29, 0.717) is 27.8 Å². The lowest BCUT2D eigenvalue weighted by Crippen LogP contribution is -2.10. The Morgan fingerprint density at radius 1 is 0.652 bits per heavy atom. The maximum absolute atomic E-state index is 13.2. The highest BCUT2D eigenvalue weighted by atomic mass is 32.2. The first-order chi connectivity index (χ1) is 10.5. The third-order valence-corrected chi connectivity index (χ3v) is 6.55. The van der Waals surface area contributed by atoms with Gasteiger partial charge in [-0.25, -0.2) is 8.42 Å². The molecule has 124 valence electrons. The van der Waals surface area contributed by atoms with Crippen LogP contribution in [0.1, 0.15) is 33.4 Å². The van der Waals surface area contributed by atoms with Crippen LogP contribution in [0.25, 0.3) is 0 Å². The topological polar surface area (TPSA) is 74.6 Å². The van der Waals surface area contributed by atoms with Crippen LogP contribution in [0.3, 0.4) is 0 Å². The van der Waals surface area contributed by atoms with Crippen LogP contribution in [-0.4, -0.2) is 18.6 Å². The lowest BCUT2D eigenvalue weighted by atomic mass is 10.1. The molecule has 0 radical (unpaired) electrons. The Kier molecular flexibility index (Phi) is 4.20. The molecular weight excluding hydrogens is 312 g/mol. The van der Waals surface area contributed by atoms with Gasteiger partial charge in [-0.2, -0.15) is 0 Å². The van der Waals surface area contributed by atoms with Crippen LogP contribution >= 0.6 is 0 Å². The van der Waals surface area contributed by atoms with Gasteiger partial charge in [-0.3, -0.25) is 0 Å². The highest BCUT2D eigenvalue weighted by molar-refractivity contribution is 7.91. The van der Waals surface area contributed by atoms with Gasteiger partial charge in [0.15, 0.2) is 0 Å². The quantitative estimate of drug-likeness (QED) is 0.876. The molecule has 0 aliphatic rings. The Labute approximate surface area is 137 Å². The van der Waals surface area contributed by atoms with Gasteiger partial charge in [-0.15, -0.1) is 0 Å². The van der Waals surface area contributed by atoms with Crippen molar-refractivity contribution in [3.8, 4) is 11.5 Å². The molecule has 0 fully saturated rings. The van der Waals surface area contributed by atoms with Crippen LogP contribution in [0, 0.1) is 41.5 Å². The molecule has 2 aromatic carbocycles. The number of phenols is 2. The van der Waals surface area contributed by atoms with Gasteiger partial charge in [0.25, 0.3) is 0 Å². The number of phenolic OH excluding ortho intramolecular Hbond substituents is 2. The third-order valence-electron chi connectivity index (χ3n) is 4.35. The summed E-state index contributed by atoms with van der Waals surface area (Å²) in [5.41, 5.74) is 3.31. The first kappa shape index (κ1) is 17.3. The van der Waals surface area contributed by atoms with Crippen LogP contribution < -0.4 is 0 Å². The second-order valence-corrected chi connectivity index (χ2v) is 7.95. The van der Waals surface area contributed by atoms with E-state index in [9.17, 15) is 18.6 Å². The molecule has 23 heavy (non-hydrogen) atoms. The Bertz CT molecular complexity index is 883. The van der Waals surface area contributed by atoms with E-state index in [0.717, 1.165) is 5.56 Å². The van der Waals surface area contributed by atoms with E-state index in [1.807, 2.05) is 6.92 Å². The number of sulfone groups is 1. The van der Waals surface area contributed by atoms with Crippen molar-refractivity contribution in [1.82, 2.24) is 0 Å². The van der Waals surface area contributed by atoms with Crippen molar-refractivity contribution in [1.29, 1.82) is 0 Å². The molecule has 0 amide bonds. The molecule has 0 aliphatic heterocycles. The Hall–Kier alpha value is -2.01. The zero-order valence-electron chi connectivity index (χ0n) is 14.3. The van der Waals surface area contributed by atoms with E-state index < -0.39 is 9.84 Å². The molecule has 0 bridgehead atoms. The standard InChI is InChI=1S/C18H22O4S/c1-9-7-11(3)16(20)18(13(9)5)23(21,22)17-12(4)8-10(2)15(19)14(17)6/h7-8,19-20H,1-6H3. The average molecular weight is 334 g/mol. The minimum atomic E-state index is -3.96. The summed E-state index contributed by atoms with van der Waals surface area (Å²) in [4.78, 5) is -0.0200. The van der Waals surface area contributed by atoms with Crippen LogP contribution in [0.4, 0.5) is 0 Å². The molecule has 0 aliphatic carbocycles. The monoisotopic (exact) mass is 334 g/mol. The Balaban J connectivity index is 2.94. The zero-order chi connectivity index (χ0) is 17.7. The lowest BCUT2D eigenvalue weighted by Gasteiger charge is -2.18. The van der Waals surface area contributed by atoms with E-state index in [4.69, 9.17) is 0 Å². The fourth-order valence-electron chi connectivity index (χ4n) is 3.04. The molecule has 4 nitrogen and oxygen atoms in total. The molecule has 0 aromatic heterocycles. The van der Waals surface area contributed by atoms with Gasteiger partial charge < -0.3 is 10.2 Å².